The summed E-state index contributed by atoms with van der Waals surface area (Å²) in [6.45, 7) is 11.7. The van der Waals surface area contributed by atoms with Crippen LogP contribution in [0.25, 0.3) is 0 Å². The summed E-state index contributed by atoms with van der Waals surface area (Å²) in [5.41, 5.74) is 3.29. The van der Waals surface area contributed by atoms with Crippen LogP contribution in [-0.4, -0.2) is 38.1 Å². The number of nitrogens with one attached hydrogen (secondary N) is 1. The highest BCUT2D eigenvalue weighted by molar-refractivity contribution is 6.30. The van der Waals surface area contributed by atoms with Gasteiger partial charge in [0, 0.05) is 11.6 Å². The molecule has 3 heteroatoms. The van der Waals surface area contributed by atoms with Crippen LogP contribution in [0.3, 0.4) is 0 Å². The van der Waals surface area contributed by atoms with E-state index in [1.54, 1.807) is 0 Å². The second kappa shape index (κ2) is 7.81. The lowest BCUT2D eigenvalue weighted by molar-refractivity contribution is 0.278. The van der Waals surface area contributed by atoms with Crippen LogP contribution in [0.5, 0.6) is 0 Å². The number of hydrogen-bond donors (Lipinski definition) is 1. The van der Waals surface area contributed by atoms with Crippen LogP contribution in [0.1, 0.15) is 50.2 Å². The monoisotopic (exact) mass is 322 g/mol. The molecule has 1 saturated heterocycles. The molecule has 1 aromatic rings. The summed E-state index contributed by atoms with van der Waals surface area (Å²) in [7, 11) is 2.03. The molecule has 22 heavy (non-hydrogen) atoms. The minimum absolute atomic E-state index is 0.493. The normalized spacial score (nSPS) is 19.5. The predicted molar refractivity (Wildman–Crippen MR) is 96.9 cm³/mol. The maximum absolute atomic E-state index is 6.23. The number of benzene rings is 1. The molecule has 1 aromatic carbocycles. The molecular weight excluding hydrogens is 292 g/mol. The number of rotatable bonds is 7. The summed E-state index contributed by atoms with van der Waals surface area (Å²) in [5.74, 6) is 0.592. The first-order valence-electron chi connectivity index (χ1n) is 8.54. The van der Waals surface area contributed by atoms with Crippen molar-refractivity contribution in [2.45, 2.75) is 46.0 Å². The Bertz CT molecular complexity index is 484. The van der Waals surface area contributed by atoms with E-state index in [1.807, 2.05) is 13.1 Å². The molecule has 0 spiro atoms. The van der Waals surface area contributed by atoms with E-state index in [-0.39, 0.29) is 0 Å². The summed E-state index contributed by atoms with van der Waals surface area (Å²) >= 11 is 6.23. The number of hydrogen-bond acceptors (Lipinski definition) is 2. The van der Waals surface area contributed by atoms with Crippen LogP contribution in [0.4, 0.5) is 0 Å². The van der Waals surface area contributed by atoms with E-state index in [9.17, 15) is 0 Å². The highest BCUT2D eigenvalue weighted by Crippen LogP contribution is 2.32. The van der Waals surface area contributed by atoms with E-state index in [1.165, 1.54) is 50.0 Å². The zero-order valence-electron chi connectivity index (χ0n) is 14.6. The Balaban J connectivity index is 2.01. The Labute approximate surface area is 141 Å². The zero-order valence-corrected chi connectivity index (χ0v) is 15.3. The van der Waals surface area contributed by atoms with Gasteiger partial charge in [-0.3, -0.25) is 0 Å². The standard InChI is InChI=1S/C19H31ClN2/c1-15-5-6-17(20)13-18(15)16(7-10-21-4)8-11-22-12-9-19(2,3)14-22/h5-6,13,16,21H,7-12,14H2,1-4H3/t16-/m0/s1. The number of halogens is 1. The van der Waals surface area contributed by atoms with Crippen molar-refractivity contribution in [3.05, 3.63) is 34.3 Å². The van der Waals surface area contributed by atoms with Gasteiger partial charge in [-0.15, -0.1) is 0 Å². The fourth-order valence-corrected chi connectivity index (χ4v) is 3.76. The van der Waals surface area contributed by atoms with E-state index in [4.69, 9.17) is 11.6 Å². The van der Waals surface area contributed by atoms with Gasteiger partial charge in [-0.05, 0) is 87.5 Å². The maximum Gasteiger partial charge on any atom is 0.0409 e. The van der Waals surface area contributed by atoms with Crippen molar-refractivity contribution >= 4 is 11.6 Å². The van der Waals surface area contributed by atoms with Gasteiger partial charge < -0.3 is 10.2 Å². The smallest absolute Gasteiger partial charge is 0.0409 e. The lowest BCUT2D eigenvalue weighted by atomic mass is 9.89. The second-order valence-electron chi connectivity index (χ2n) is 7.57. The molecule has 0 unspecified atom stereocenters. The lowest BCUT2D eigenvalue weighted by Crippen LogP contribution is -2.26. The van der Waals surface area contributed by atoms with Crippen LogP contribution >= 0.6 is 11.6 Å². The van der Waals surface area contributed by atoms with E-state index in [2.05, 4.69) is 43.1 Å². The summed E-state index contributed by atoms with van der Waals surface area (Å²) in [4.78, 5) is 2.63. The van der Waals surface area contributed by atoms with Crippen LogP contribution < -0.4 is 5.32 Å². The van der Waals surface area contributed by atoms with Crippen molar-refractivity contribution in [3.63, 3.8) is 0 Å². The molecule has 0 bridgehead atoms. The number of aryl methyl sites for hydroxylation is 1. The van der Waals surface area contributed by atoms with E-state index >= 15 is 0 Å². The SMILES string of the molecule is CNCC[C@@H](CCN1CCC(C)(C)C1)c1cc(Cl)ccc1C. The third kappa shape index (κ3) is 4.97. The Hall–Kier alpha value is -0.570. The highest BCUT2D eigenvalue weighted by Gasteiger charge is 2.29. The summed E-state index contributed by atoms with van der Waals surface area (Å²) in [6, 6.07) is 6.33. The zero-order chi connectivity index (χ0) is 16.2. The molecule has 0 saturated carbocycles. The topological polar surface area (TPSA) is 15.3 Å². The van der Waals surface area contributed by atoms with Gasteiger partial charge in [0.1, 0.15) is 0 Å². The summed E-state index contributed by atoms with van der Waals surface area (Å²) in [6.07, 6.45) is 3.72. The predicted octanol–water partition coefficient (Wildman–Crippen LogP) is 4.46. The largest absolute Gasteiger partial charge is 0.320 e. The highest BCUT2D eigenvalue weighted by atomic mass is 35.5. The average Bonchev–Trinajstić information content (AvgIpc) is 2.81. The van der Waals surface area contributed by atoms with Crippen molar-refractivity contribution < 1.29 is 0 Å². The number of likely N-dealkylation sites (tertiary alicyclic amines) is 1. The van der Waals surface area contributed by atoms with Gasteiger partial charge in [0.15, 0.2) is 0 Å². The molecule has 2 nitrogen and oxygen atoms in total. The van der Waals surface area contributed by atoms with Gasteiger partial charge >= 0.3 is 0 Å². The van der Waals surface area contributed by atoms with Gasteiger partial charge in [0.05, 0.1) is 0 Å². The van der Waals surface area contributed by atoms with E-state index in [0.29, 0.717) is 11.3 Å². The minimum Gasteiger partial charge on any atom is -0.320 e. The fraction of sp³-hybridized carbons (Fsp3) is 0.684. The van der Waals surface area contributed by atoms with Gasteiger partial charge in [0.25, 0.3) is 0 Å². The quantitative estimate of drug-likeness (QED) is 0.797. The second-order valence-corrected chi connectivity index (χ2v) is 8.01. The molecule has 1 aliphatic heterocycles. The Morgan fingerprint density at radius 2 is 2.09 bits per heavy atom. The molecule has 1 atom stereocenters. The summed E-state index contributed by atoms with van der Waals surface area (Å²) < 4.78 is 0. The Morgan fingerprint density at radius 3 is 2.73 bits per heavy atom. The molecule has 1 N–H and O–H groups in total. The van der Waals surface area contributed by atoms with Crippen LogP contribution in [0.2, 0.25) is 5.02 Å². The van der Waals surface area contributed by atoms with Crippen LogP contribution in [0, 0.1) is 12.3 Å². The molecule has 0 radical (unpaired) electrons. The average molecular weight is 323 g/mol. The fourth-order valence-electron chi connectivity index (χ4n) is 3.58. The first-order valence-corrected chi connectivity index (χ1v) is 8.92. The van der Waals surface area contributed by atoms with Gasteiger partial charge in [-0.1, -0.05) is 31.5 Å². The molecule has 0 amide bonds. The van der Waals surface area contributed by atoms with Crippen molar-refractivity contribution in [2.24, 2.45) is 5.41 Å². The minimum atomic E-state index is 0.493. The molecule has 0 aliphatic carbocycles. The van der Waals surface area contributed by atoms with Crippen molar-refractivity contribution in [2.75, 3.05) is 33.2 Å². The van der Waals surface area contributed by atoms with E-state index < -0.39 is 0 Å². The maximum atomic E-state index is 6.23. The van der Waals surface area contributed by atoms with Crippen molar-refractivity contribution in [1.29, 1.82) is 0 Å². The molecular formula is C19H31ClN2. The lowest BCUT2D eigenvalue weighted by Gasteiger charge is -2.24. The first kappa shape index (κ1) is 17.8. The number of nitrogens with zero attached hydrogens (tertiary/aromatic N) is 1. The molecule has 1 aliphatic rings. The summed E-state index contributed by atoms with van der Waals surface area (Å²) in [5, 5.41) is 4.16. The van der Waals surface area contributed by atoms with Gasteiger partial charge in [0.2, 0.25) is 0 Å². The van der Waals surface area contributed by atoms with Crippen molar-refractivity contribution in [3.8, 4) is 0 Å². The first-order chi connectivity index (χ1) is 10.4. The van der Waals surface area contributed by atoms with Crippen LogP contribution in [-0.2, 0) is 0 Å². The molecule has 1 fully saturated rings. The molecule has 2 rings (SSSR count). The molecule has 124 valence electrons. The van der Waals surface area contributed by atoms with Gasteiger partial charge in [-0.25, -0.2) is 0 Å². The third-order valence-corrected chi connectivity index (χ3v) is 5.21. The van der Waals surface area contributed by atoms with Crippen LogP contribution in [0.15, 0.2) is 18.2 Å². The molecule has 1 heterocycles. The Morgan fingerprint density at radius 1 is 1.32 bits per heavy atom. The van der Waals surface area contributed by atoms with Crippen molar-refractivity contribution in [1.82, 2.24) is 10.2 Å². The molecule has 0 aromatic heterocycles. The van der Waals surface area contributed by atoms with Gasteiger partial charge in [-0.2, -0.15) is 0 Å². The third-order valence-electron chi connectivity index (χ3n) is 4.97. The van der Waals surface area contributed by atoms with E-state index in [0.717, 1.165) is 11.6 Å². The Kier molecular flexibility index (Phi) is 6.31.